The third-order valence-electron chi connectivity index (χ3n) is 4.91. The van der Waals surface area contributed by atoms with E-state index in [0.29, 0.717) is 17.5 Å². The fraction of sp³-hybridized carbons (Fsp3) is 0.167. The van der Waals surface area contributed by atoms with Crippen LogP contribution in [0.15, 0.2) is 84.9 Å². The molecule has 4 heteroatoms. The highest BCUT2D eigenvalue weighted by Crippen LogP contribution is 2.35. The number of fused-ring (bicyclic) bond motifs is 1. The second kappa shape index (κ2) is 8.09. The predicted molar refractivity (Wildman–Crippen MR) is 105 cm³/mol. The third kappa shape index (κ3) is 3.81. The molecule has 0 N–H and O–H groups in total. The van der Waals surface area contributed by atoms with Gasteiger partial charge in [0, 0.05) is 0 Å². The molecule has 0 saturated heterocycles. The molecule has 3 aromatic rings. The number of hydrogen-bond acceptors (Lipinski definition) is 4. The SMILES string of the molecule is O=C(O[C@H]1CCc2ccccc2[C@H]1OC(=O)c1ccccc1)c1ccccc1. The first-order chi connectivity index (χ1) is 13.7. The topological polar surface area (TPSA) is 52.6 Å². The van der Waals surface area contributed by atoms with Crippen molar-refractivity contribution in [3.63, 3.8) is 0 Å². The van der Waals surface area contributed by atoms with Crippen molar-refractivity contribution < 1.29 is 19.1 Å². The summed E-state index contributed by atoms with van der Waals surface area (Å²) >= 11 is 0. The van der Waals surface area contributed by atoms with E-state index < -0.39 is 24.1 Å². The van der Waals surface area contributed by atoms with Crippen molar-refractivity contribution >= 4 is 11.9 Å². The summed E-state index contributed by atoms with van der Waals surface area (Å²) < 4.78 is 11.6. The summed E-state index contributed by atoms with van der Waals surface area (Å²) in [7, 11) is 0. The lowest BCUT2D eigenvalue weighted by atomic mass is 9.87. The lowest BCUT2D eigenvalue weighted by Gasteiger charge is -2.32. The van der Waals surface area contributed by atoms with E-state index in [0.717, 1.165) is 17.5 Å². The molecule has 1 aliphatic rings. The quantitative estimate of drug-likeness (QED) is 0.620. The maximum absolute atomic E-state index is 12.7. The zero-order valence-electron chi connectivity index (χ0n) is 15.3. The van der Waals surface area contributed by atoms with Crippen LogP contribution in [0.5, 0.6) is 0 Å². The summed E-state index contributed by atoms with van der Waals surface area (Å²) in [5, 5.41) is 0. The van der Waals surface area contributed by atoms with Gasteiger partial charge in [-0.3, -0.25) is 0 Å². The molecule has 4 nitrogen and oxygen atoms in total. The summed E-state index contributed by atoms with van der Waals surface area (Å²) in [5.41, 5.74) is 2.96. The Balaban J connectivity index is 1.60. The Labute approximate surface area is 163 Å². The van der Waals surface area contributed by atoms with Crippen molar-refractivity contribution in [3.8, 4) is 0 Å². The molecule has 0 bridgehead atoms. The first-order valence-electron chi connectivity index (χ1n) is 9.32. The standard InChI is InChI=1S/C24H20O4/c25-23(18-10-3-1-4-11-18)27-21-16-15-17-9-7-8-14-20(17)22(21)28-24(26)19-12-5-2-6-13-19/h1-14,21-22H,15-16H2/t21-,22+/m0/s1. The Hall–Kier alpha value is -3.40. The van der Waals surface area contributed by atoms with Crippen LogP contribution in [-0.2, 0) is 15.9 Å². The Morgan fingerprint density at radius 1 is 0.679 bits per heavy atom. The van der Waals surface area contributed by atoms with Crippen LogP contribution in [0.3, 0.4) is 0 Å². The molecule has 0 spiro atoms. The van der Waals surface area contributed by atoms with Crippen LogP contribution in [0.1, 0.15) is 44.4 Å². The van der Waals surface area contributed by atoms with E-state index in [1.807, 2.05) is 36.4 Å². The molecule has 140 valence electrons. The summed E-state index contributed by atoms with van der Waals surface area (Å²) in [5.74, 6) is -0.839. The third-order valence-corrected chi connectivity index (χ3v) is 4.91. The van der Waals surface area contributed by atoms with Gasteiger partial charge in [0.05, 0.1) is 11.1 Å². The van der Waals surface area contributed by atoms with Crippen LogP contribution in [0.4, 0.5) is 0 Å². The van der Waals surface area contributed by atoms with Gasteiger partial charge in [-0.05, 0) is 48.2 Å². The van der Waals surface area contributed by atoms with Crippen molar-refractivity contribution in [1.82, 2.24) is 0 Å². The van der Waals surface area contributed by atoms with Crippen LogP contribution in [0, 0.1) is 0 Å². The zero-order chi connectivity index (χ0) is 19.3. The minimum Gasteiger partial charge on any atom is -0.454 e. The van der Waals surface area contributed by atoms with E-state index >= 15 is 0 Å². The molecule has 28 heavy (non-hydrogen) atoms. The van der Waals surface area contributed by atoms with Crippen LogP contribution >= 0.6 is 0 Å². The molecule has 0 aromatic heterocycles. The number of carbonyl (C=O) groups is 2. The van der Waals surface area contributed by atoms with E-state index in [1.165, 1.54) is 0 Å². The lowest BCUT2D eigenvalue weighted by molar-refractivity contribution is -0.0437. The number of rotatable bonds is 4. The van der Waals surface area contributed by atoms with E-state index in [9.17, 15) is 9.59 Å². The number of ether oxygens (including phenoxy) is 2. The zero-order valence-corrected chi connectivity index (χ0v) is 15.3. The number of carbonyl (C=O) groups excluding carboxylic acids is 2. The van der Waals surface area contributed by atoms with Gasteiger partial charge in [0.1, 0.15) is 6.10 Å². The van der Waals surface area contributed by atoms with Crippen LogP contribution < -0.4 is 0 Å². The Morgan fingerprint density at radius 2 is 1.21 bits per heavy atom. The van der Waals surface area contributed by atoms with Gasteiger partial charge in [-0.2, -0.15) is 0 Å². The van der Waals surface area contributed by atoms with Crippen molar-refractivity contribution in [3.05, 3.63) is 107 Å². The highest BCUT2D eigenvalue weighted by molar-refractivity contribution is 5.90. The molecule has 0 fully saturated rings. The van der Waals surface area contributed by atoms with Gasteiger partial charge < -0.3 is 9.47 Å². The minimum atomic E-state index is -0.634. The van der Waals surface area contributed by atoms with E-state index in [1.54, 1.807) is 48.5 Å². The van der Waals surface area contributed by atoms with E-state index in [-0.39, 0.29) is 0 Å². The predicted octanol–water partition coefficient (Wildman–Crippen LogP) is 4.76. The Kier molecular flexibility index (Phi) is 5.20. The second-order valence-electron chi connectivity index (χ2n) is 6.74. The molecule has 2 atom stereocenters. The van der Waals surface area contributed by atoms with Crippen molar-refractivity contribution in [2.75, 3.05) is 0 Å². The normalized spacial score (nSPS) is 18.0. The van der Waals surface area contributed by atoms with Crippen LogP contribution in [0.25, 0.3) is 0 Å². The first kappa shape index (κ1) is 18.0. The molecular formula is C24H20O4. The molecular weight excluding hydrogens is 352 g/mol. The van der Waals surface area contributed by atoms with E-state index in [2.05, 4.69) is 0 Å². The molecule has 0 unspecified atom stereocenters. The summed E-state index contributed by atoms with van der Waals surface area (Å²) in [6.45, 7) is 0. The number of benzene rings is 3. The average molecular weight is 372 g/mol. The van der Waals surface area contributed by atoms with Crippen molar-refractivity contribution in [2.24, 2.45) is 0 Å². The molecule has 0 aliphatic heterocycles. The van der Waals surface area contributed by atoms with Crippen molar-refractivity contribution in [1.29, 1.82) is 0 Å². The molecule has 3 aromatic carbocycles. The van der Waals surface area contributed by atoms with Crippen LogP contribution in [-0.4, -0.2) is 18.0 Å². The molecule has 4 rings (SSSR count). The lowest BCUT2D eigenvalue weighted by Crippen LogP contribution is -2.33. The second-order valence-corrected chi connectivity index (χ2v) is 6.74. The first-order valence-corrected chi connectivity index (χ1v) is 9.32. The number of esters is 2. The Bertz CT molecular complexity index is 966. The van der Waals surface area contributed by atoms with Gasteiger partial charge in [0.15, 0.2) is 6.10 Å². The summed E-state index contributed by atoms with van der Waals surface area (Å²) in [6.07, 6.45) is 0.200. The smallest absolute Gasteiger partial charge is 0.338 e. The van der Waals surface area contributed by atoms with Gasteiger partial charge in [0.2, 0.25) is 0 Å². The minimum absolute atomic E-state index is 0.411. The Morgan fingerprint density at radius 3 is 1.86 bits per heavy atom. The highest BCUT2D eigenvalue weighted by atomic mass is 16.6. The monoisotopic (exact) mass is 372 g/mol. The largest absolute Gasteiger partial charge is 0.454 e. The van der Waals surface area contributed by atoms with Gasteiger partial charge in [-0.1, -0.05) is 60.7 Å². The van der Waals surface area contributed by atoms with Gasteiger partial charge in [-0.15, -0.1) is 0 Å². The molecule has 0 saturated carbocycles. The number of aryl methyl sites for hydroxylation is 1. The van der Waals surface area contributed by atoms with Gasteiger partial charge >= 0.3 is 11.9 Å². The molecule has 1 aliphatic carbocycles. The molecule has 0 heterocycles. The fourth-order valence-corrected chi connectivity index (χ4v) is 3.49. The van der Waals surface area contributed by atoms with Crippen LogP contribution in [0.2, 0.25) is 0 Å². The highest BCUT2D eigenvalue weighted by Gasteiger charge is 2.35. The number of hydrogen-bond donors (Lipinski definition) is 0. The maximum atomic E-state index is 12.7. The maximum Gasteiger partial charge on any atom is 0.338 e. The van der Waals surface area contributed by atoms with Gasteiger partial charge in [-0.25, -0.2) is 9.59 Å². The van der Waals surface area contributed by atoms with Gasteiger partial charge in [0.25, 0.3) is 0 Å². The molecule has 0 amide bonds. The summed E-state index contributed by atoms with van der Waals surface area (Å²) in [6, 6.07) is 25.5. The summed E-state index contributed by atoms with van der Waals surface area (Å²) in [4.78, 5) is 25.2. The van der Waals surface area contributed by atoms with Crippen molar-refractivity contribution in [2.45, 2.75) is 25.0 Å². The molecule has 0 radical (unpaired) electrons. The average Bonchev–Trinajstić information content (AvgIpc) is 2.76. The fourth-order valence-electron chi connectivity index (χ4n) is 3.49. The van der Waals surface area contributed by atoms with E-state index in [4.69, 9.17) is 9.47 Å².